The van der Waals surface area contributed by atoms with Crippen LogP contribution in [-0.4, -0.2) is 36.9 Å². The molecule has 4 nitrogen and oxygen atoms in total. The molecule has 1 fully saturated rings. The quantitative estimate of drug-likeness (QED) is 0.612. The first-order chi connectivity index (χ1) is 15.0. The second kappa shape index (κ2) is 9.06. The number of carbonyl (C=O) groups is 2. The lowest BCUT2D eigenvalue weighted by molar-refractivity contribution is -0.133. The number of carbonyl (C=O) groups excluding carboxylic acids is 2. The summed E-state index contributed by atoms with van der Waals surface area (Å²) < 4.78 is 0. The van der Waals surface area contributed by atoms with Crippen LogP contribution in [0.3, 0.4) is 0 Å². The van der Waals surface area contributed by atoms with Crippen LogP contribution in [0.1, 0.15) is 30.4 Å². The molecule has 0 spiro atoms. The summed E-state index contributed by atoms with van der Waals surface area (Å²) in [5.41, 5.74) is 3.93. The van der Waals surface area contributed by atoms with E-state index in [1.165, 1.54) is 11.1 Å². The van der Waals surface area contributed by atoms with E-state index < -0.39 is 5.41 Å². The van der Waals surface area contributed by atoms with E-state index in [0.29, 0.717) is 25.9 Å². The van der Waals surface area contributed by atoms with Crippen LogP contribution >= 0.6 is 11.3 Å². The van der Waals surface area contributed by atoms with Gasteiger partial charge in [0.2, 0.25) is 11.8 Å². The summed E-state index contributed by atoms with van der Waals surface area (Å²) in [6, 6.07) is 20.4. The lowest BCUT2D eigenvalue weighted by atomic mass is 9.79. The van der Waals surface area contributed by atoms with Crippen molar-refractivity contribution < 1.29 is 9.59 Å². The van der Waals surface area contributed by atoms with Gasteiger partial charge in [0.05, 0.1) is 11.3 Å². The topological polar surface area (TPSA) is 49.4 Å². The third kappa shape index (κ3) is 4.42. The summed E-state index contributed by atoms with van der Waals surface area (Å²) >= 11 is 1.68. The third-order valence-electron chi connectivity index (χ3n) is 6.40. The number of likely N-dealkylation sites (tertiary alicyclic amines) is 1. The highest BCUT2D eigenvalue weighted by molar-refractivity contribution is 7.08. The molecule has 2 heterocycles. The molecule has 0 aliphatic carbocycles. The number of benzene rings is 2. The van der Waals surface area contributed by atoms with Crippen molar-refractivity contribution in [2.24, 2.45) is 5.41 Å². The van der Waals surface area contributed by atoms with Gasteiger partial charge < -0.3 is 10.2 Å². The molecule has 2 aromatic carbocycles. The zero-order chi connectivity index (χ0) is 21.8. The van der Waals surface area contributed by atoms with E-state index in [1.807, 2.05) is 42.2 Å². The van der Waals surface area contributed by atoms with Gasteiger partial charge in [0.1, 0.15) is 0 Å². The van der Waals surface area contributed by atoms with Crippen LogP contribution in [0.25, 0.3) is 11.1 Å². The zero-order valence-corrected chi connectivity index (χ0v) is 18.8. The smallest absolute Gasteiger partial charge is 0.229 e. The third-order valence-corrected chi connectivity index (χ3v) is 7.08. The molecule has 0 saturated carbocycles. The minimum Gasteiger partial charge on any atom is -0.359 e. The van der Waals surface area contributed by atoms with E-state index >= 15 is 0 Å². The second-order valence-corrected chi connectivity index (χ2v) is 9.17. The Hall–Kier alpha value is -2.92. The first-order valence-corrected chi connectivity index (χ1v) is 11.6. The SMILES string of the molecule is CNC(=O)[C@@]1(Cc2ccc(-c3ccsc3)cc2)CCN(C(=O)[C@@H](C)c2ccccc2)C1. The second-order valence-electron chi connectivity index (χ2n) is 8.39. The van der Waals surface area contributed by atoms with Gasteiger partial charge >= 0.3 is 0 Å². The Bertz CT molecular complexity index is 1030. The highest BCUT2D eigenvalue weighted by Gasteiger charge is 2.46. The summed E-state index contributed by atoms with van der Waals surface area (Å²) in [4.78, 5) is 28.0. The summed E-state index contributed by atoms with van der Waals surface area (Å²) in [6.07, 6.45) is 1.30. The Morgan fingerprint density at radius 1 is 1.06 bits per heavy atom. The normalized spacial score (nSPS) is 19.2. The van der Waals surface area contributed by atoms with Gasteiger partial charge in [0.25, 0.3) is 0 Å². The highest BCUT2D eigenvalue weighted by Crippen LogP contribution is 2.36. The lowest BCUT2D eigenvalue weighted by Crippen LogP contribution is -2.44. The molecule has 160 valence electrons. The molecular formula is C26H28N2O2S. The van der Waals surface area contributed by atoms with Gasteiger partial charge in [0, 0.05) is 20.1 Å². The summed E-state index contributed by atoms with van der Waals surface area (Å²) in [5, 5.41) is 7.05. The highest BCUT2D eigenvalue weighted by atomic mass is 32.1. The molecule has 0 bridgehead atoms. The molecule has 1 aliphatic heterocycles. The Balaban J connectivity index is 1.51. The van der Waals surface area contributed by atoms with E-state index in [-0.39, 0.29) is 17.7 Å². The molecule has 1 aromatic heterocycles. The maximum Gasteiger partial charge on any atom is 0.229 e. The summed E-state index contributed by atoms with van der Waals surface area (Å²) in [5.74, 6) is -0.117. The molecule has 1 N–H and O–H groups in total. The van der Waals surface area contributed by atoms with Crippen molar-refractivity contribution in [2.45, 2.75) is 25.7 Å². The molecular weight excluding hydrogens is 404 g/mol. The molecule has 1 aliphatic rings. The van der Waals surface area contributed by atoms with Crippen molar-refractivity contribution in [1.29, 1.82) is 0 Å². The minimum absolute atomic E-state index is 0.0112. The maximum atomic E-state index is 13.2. The maximum absolute atomic E-state index is 13.2. The van der Waals surface area contributed by atoms with Crippen LogP contribution in [0.5, 0.6) is 0 Å². The van der Waals surface area contributed by atoms with Crippen molar-refractivity contribution in [3.63, 3.8) is 0 Å². The number of amides is 2. The van der Waals surface area contributed by atoms with E-state index in [1.54, 1.807) is 18.4 Å². The number of nitrogens with one attached hydrogen (secondary N) is 1. The van der Waals surface area contributed by atoms with Crippen LogP contribution in [0.2, 0.25) is 0 Å². The van der Waals surface area contributed by atoms with E-state index in [0.717, 1.165) is 11.1 Å². The zero-order valence-electron chi connectivity index (χ0n) is 18.0. The molecule has 5 heteroatoms. The summed E-state index contributed by atoms with van der Waals surface area (Å²) in [7, 11) is 1.68. The molecule has 4 rings (SSSR count). The van der Waals surface area contributed by atoms with Crippen molar-refractivity contribution in [2.75, 3.05) is 20.1 Å². The van der Waals surface area contributed by atoms with Crippen LogP contribution < -0.4 is 5.32 Å². The molecule has 2 amide bonds. The first-order valence-electron chi connectivity index (χ1n) is 10.7. The van der Waals surface area contributed by atoms with Crippen LogP contribution in [-0.2, 0) is 16.0 Å². The van der Waals surface area contributed by atoms with Crippen molar-refractivity contribution in [1.82, 2.24) is 10.2 Å². The molecule has 31 heavy (non-hydrogen) atoms. The Morgan fingerprint density at radius 2 is 1.81 bits per heavy atom. The number of thiophene rings is 1. The Morgan fingerprint density at radius 3 is 2.45 bits per heavy atom. The van der Waals surface area contributed by atoms with Gasteiger partial charge in [-0.05, 0) is 58.8 Å². The average Bonchev–Trinajstić information content (AvgIpc) is 3.50. The van der Waals surface area contributed by atoms with Crippen molar-refractivity contribution in [3.05, 3.63) is 82.6 Å². The van der Waals surface area contributed by atoms with Crippen LogP contribution in [0.4, 0.5) is 0 Å². The first kappa shape index (κ1) is 21.3. The molecule has 0 unspecified atom stereocenters. The van der Waals surface area contributed by atoms with Gasteiger partial charge in [-0.3, -0.25) is 9.59 Å². The van der Waals surface area contributed by atoms with Gasteiger partial charge in [-0.2, -0.15) is 11.3 Å². The lowest BCUT2D eigenvalue weighted by Gasteiger charge is -2.28. The largest absolute Gasteiger partial charge is 0.359 e. The number of rotatable bonds is 6. The Kier molecular flexibility index (Phi) is 6.23. The van der Waals surface area contributed by atoms with Crippen molar-refractivity contribution >= 4 is 23.2 Å². The van der Waals surface area contributed by atoms with Gasteiger partial charge in [0.15, 0.2) is 0 Å². The molecule has 1 saturated heterocycles. The number of nitrogens with zero attached hydrogens (tertiary/aromatic N) is 1. The van der Waals surface area contributed by atoms with Gasteiger partial charge in [-0.25, -0.2) is 0 Å². The number of hydrogen-bond donors (Lipinski definition) is 1. The fourth-order valence-corrected chi connectivity index (χ4v) is 5.19. The fraction of sp³-hybridized carbons (Fsp3) is 0.308. The Labute approximate surface area is 187 Å². The van der Waals surface area contributed by atoms with Gasteiger partial charge in [-0.15, -0.1) is 0 Å². The monoisotopic (exact) mass is 432 g/mol. The molecule has 2 atom stereocenters. The van der Waals surface area contributed by atoms with Crippen LogP contribution in [0.15, 0.2) is 71.4 Å². The number of hydrogen-bond acceptors (Lipinski definition) is 3. The van der Waals surface area contributed by atoms with Gasteiger partial charge in [-0.1, -0.05) is 54.6 Å². The predicted molar refractivity (Wildman–Crippen MR) is 126 cm³/mol. The molecule has 3 aromatic rings. The van der Waals surface area contributed by atoms with Crippen molar-refractivity contribution in [3.8, 4) is 11.1 Å². The van der Waals surface area contributed by atoms with Crippen LogP contribution in [0, 0.1) is 5.41 Å². The predicted octanol–water partition coefficient (Wildman–Crippen LogP) is 4.73. The average molecular weight is 433 g/mol. The van der Waals surface area contributed by atoms with E-state index in [9.17, 15) is 9.59 Å². The summed E-state index contributed by atoms with van der Waals surface area (Å²) in [6.45, 7) is 3.01. The van der Waals surface area contributed by atoms with E-state index in [4.69, 9.17) is 0 Å². The molecule has 0 radical (unpaired) electrons. The standard InChI is InChI=1S/C26H28N2O2S/c1-19(21-6-4-3-5-7-21)24(29)28-14-13-26(18-28,25(30)27-2)16-20-8-10-22(11-9-20)23-12-15-31-17-23/h3-12,15,17,19H,13-14,16,18H2,1-2H3,(H,27,30)/t19-,26+/m0/s1. The minimum atomic E-state index is -0.593. The van der Waals surface area contributed by atoms with E-state index in [2.05, 4.69) is 46.4 Å². The fourth-order valence-electron chi connectivity index (χ4n) is 4.53.